The van der Waals surface area contributed by atoms with Gasteiger partial charge in [-0.15, -0.1) is 0 Å². The van der Waals surface area contributed by atoms with Gasteiger partial charge >= 0.3 is 11.9 Å². The lowest BCUT2D eigenvalue weighted by Gasteiger charge is -2.43. The summed E-state index contributed by atoms with van der Waals surface area (Å²) in [5.41, 5.74) is 1.79. The Bertz CT molecular complexity index is 857. The van der Waals surface area contributed by atoms with Crippen molar-refractivity contribution in [2.75, 3.05) is 6.61 Å². The molecule has 32 heavy (non-hydrogen) atoms. The first-order chi connectivity index (χ1) is 15.4. The summed E-state index contributed by atoms with van der Waals surface area (Å²) in [5, 5.41) is 10.7. The molecule has 0 aliphatic carbocycles. The van der Waals surface area contributed by atoms with Crippen LogP contribution in [0.2, 0.25) is 0 Å². The van der Waals surface area contributed by atoms with Crippen LogP contribution in [0.5, 0.6) is 0 Å². The highest BCUT2D eigenvalue weighted by molar-refractivity contribution is 5.66. The molecular formula is C24H28O8. The Morgan fingerprint density at radius 1 is 0.812 bits per heavy atom. The Kier molecular flexibility index (Phi) is 8.75. The molecule has 1 aliphatic heterocycles. The third-order valence-corrected chi connectivity index (χ3v) is 4.93. The second-order valence-corrected chi connectivity index (χ2v) is 7.46. The monoisotopic (exact) mass is 444 g/mol. The fourth-order valence-corrected chi connectivity index (χ4v) is 3.46. The molecule has 1 N–H and O–H groups in total. The van der Waals surface area contributed by atoms with E-state index in [9.17, 15) is 14.7 Å². The Morgan fingerprint density at radius 2 is 1.34 bits per heavy atom. The van der Waals surface area contributed by atoms with Crippen LogP contribution in [0.1, 0.15) is 25.0 Å². The smallest absolute Gasteiger partial charge is 0.303 e. The minimum absolute atomic E-state index is 0.193. The second kappa shape index (κ2) is 11.7. The molecule has 0 bridgehead atoms. The Labute approximate surface area is 187 Å². The largest absolute Gasteiger partial charge is 0.463 e. The van der Waals surface area contributed by atoms with Crippen LogP contribution < -0.4 is 0 Å². The summed E-state index contributed by atoms with van der Waals surface area (Å²) in [6, 6.07) is 18.9. The zero-order valence-corrected chi connectivity index (χ0v) is 18.1. The van der Waals surface area contributed by atoms with Gasteiger partial charge in [0.1, 0.15) is 24.9 Å². The normalized spacial score (nSPS) is 25.2. The lowest BCUT2D eigenvalue weighted by atomic mass is 9.98. The van der Waals surface area contributed by atoms with Gasteiger partial charge in [0.15, 0.2) is 12.4 Å². The van der Waals surface area contributed by atoms with Crippen molar-refractivity contribution in [2.24, 2.45) is 0 Å². The lowest BCUT2D eigenvalue weighted by molar-refractivity contribution is -0.309. The van der Waals surface area contributed by atoms with Gasteiger partial charge in [0.2, 0.25) is 0 Å². The summed E-state index contributed by atoms with van der Waals surface area (Å²) in [6.07, 6.45) is -5.08. The Hall–Kier alpha value is -2.78. The Balaban J connectivity index is 1.82. The minimum atomic E-state index is -1.38. The van der Waals surface area contributed by atoms with Gasteiger partial charge in [-0.05, 0) is 11.1 Å². The molecule has 0 unspecified atom stereocenters. The van der Waals surface area contributed by atoms with Gasteiger partial charge in [0, 0.05) is 13.8 Å². The summed E-state index contributed by atoms with van der Waals surface area (Å²) < 4.78 is 28.3. The van der Waals surface area contributed by atoms with E-state index in [1.807, 2.05) is 60.7 Å². The molecule has 8 nitrogen and oxygen atoms in total. The maximum Gasteiger partial charge on any atom is 0.303 e. The van der Waals surface area contributed by atoms with E-state index in [0.29, 0.717) is 0 Å². The molecule has 5 atom stereocenters. The zero-order valence-electron chi connectivity index (χ0n) is 18.1. The van der Waals surface area contributed by atoms with Crippen molar-refractivity contribution in [1.29, 1.82) is 0 Å². The highest BCUT2D eigenvalue weighted by Gasteiger charge is 2.49. The number of aliphatic hydroxyl groups excluding tert-OH is 1. The van der Waals surface area contributed by atoms with Gasteiger partial charge in [-0.3, -0.25) is 9.59 Å². The molecule has 1 aliphatic rings. The number of hydrogen-bond acceptors (Lipinski definition) is 8. The number of aliphatic hydroxyl groups is 1. The Morgan fingerprint density at radius 3 is 1.84 bits per heavy atom. The molecule has 0 amide bonds. The van der Waals surface area contributed by atoms with E-state index in [-0.39, 0.29) is 19.8 Å². The van der Waals surface area contributed by atoms with E-state index in [4.69, 9.17) is 23.7 Å². The van der Waals surface area contributed by atoms with Crippen molar-refractivity contribution in [3.8, 4) is 0 Å². The molecule has 8 heteroatoms. The summed E-state index contributed by atoms with van der Waals surface area (Å²) in [7, 11) is 0. The number of hydrogen-bond donors (Lipinski definition) is 1. The zero-order chi connectivity index (χ0) is 22.9. The van der Waals surface area contributed by atoms with Crippen LogP contribution in [0, 0.1) is 0 Å². The van der Waals surface area contributed by atoms with Crippen molar-refractivity contribution in [3.63, 3.8) is 0 Å². The third-order valence-electron chi connectivity index (χ3n) is 4.93. The molecule has 0 spiro atoms. The number of carbonyl (C=O) groups is 2. The van der Waals surface area contributed by atoms with E-state index in [1.54, 1.807) is 0 Å². The third kappa shape index (κ3) is 6.86. The van der Waals surface area contributed by atoms with Gasteiger partial charge < -0.3 is 28.8 Å². The van der Waals surface area contributed by atoms with Gasteiger partial charge in [-0.25, -0.2) is 0 Å². The number of carbonyl (C=O) groups excluding carboxylic acids is 2. The number of benzene rings is 2. The first-order valence-corrected chi connectivity index (χ1v) is 10.4. The topological polar surface area (TPSA) is 101 Å². The molecule has 0 aromatic heterocycles. The molecule has 0 saturated carbocycles. The first kappa shape index (κ1) is 23.9. The minimum Gasteiger partial charge on any atom is -0.463 e. The van der Waals surface area contributed by atoms with Crippen molar-refractivity contribution >= 4 is 11.9 Å². The molecule has 1 fully saturated rings. The highest BCUT2D eigenvalue weighted by Crippen LogP contribution is 2.29. The molecule has 1 heterocycles. The van der Waals surface area contributed by atoms with Crippen molar-refractivity contribution < 1.29 is 38.4 Å². The maximum atomic E-state index is 11.8. The average Bonchev–Trinajstić information content (AvgIpc) is 2.78. The summed E-state index contributed by atoms with van der Waals surface area (Å²) in [5.74, 6) is -1.08. The molecule has 2 aromatic carbocycles. The SMILES string of the molecule is CC(=O)OC[C@H]1O[C@H](O)[C@H](OCc2ccccc2)[C@@H](OCc2ccccc2)[C@H]1OC(C)=O. The van der Waals surface area contributed by atoms with Gasteiger partial charge in [-0.2, -0.15) is 0 Å². The average molecular weight is 444 g/mol. The molecule has 1 saturated heterocycles. The number of rotatable bonds is 9. The van der Waals surface area contributed by atoms with Crippen LogP contribution in [-0.4, -0.2) is 54.4 Å². The van der Waals surface area contributed by atoms with Crippen molar-refractivity contribution in [1.82, 2.24) is 0 Å². The predicted molar refractivity (Wildman–Crippen MR) is 113 cm³/mol. The fraction of sp³-hybridized carbons (Fsp3) is 0.417. The van der Waals surface area contributed by atoms with Crippen LogP contribution in [0.25, 0.3) is 0 Å². The maximum absolute atomic E-state index is 11.8. The van der Waals surface area contributed by atoms with Gasteiger partial charge in [-0.1, -0.05) is 60.7 Å². The van der Waals surface area contributed by atoms with Gasteiger partial charge in [0.05, 0.1) is 13.2 Å². The van der Waals surface area contributed by atoms with Gasteiger partial charge in [0.25, 0.3) is 0 Å². The number of ether oxygens (including phenoxy) is 5. The van der Waals surface area contributed by atoms with Crippen LogP contribution in [0.4, 0.5) is 0 Å². The van der Waals surface area contributed by atoms with E-state index < -0.39 is 42.6 Å². The summed E-state index contributed by atoms with van der Waals surface area (Å²) in [4.78, 5) is 23.1. The highest BCUT2D eigenvalue weighted by atomic mass is 16.7. The molecular weight excluding hydrogens is 416 g/mol. The van der Waals surface area contributed by atoms with E-state index in [1.165, 1.54) is 13.8 Å². The molecule has 172 valence electrons. The van der Waals surface area contributed by atoms with E-state index >= 15 is 0 Å². The van der Waals surface area contributed by atoms with E-state index in [2.05, 4.69) is 0 Å². The van der Waals surface area contributed by atoms with Crippen LogP contribution in [0.15, 0.2) is 60.7 Å². The first-order valence-electron chi connectivity index (χ1n) is 10.4. The quantitative estimate of drug-likeness (QED) is 0.589. The van der Waals surface area contributed by atoms with Crippen LogP contribution in [-0.2, 0) is 46.5 Å². The fourth-order valence-electron chi connectivity index (χ4n) is 3.46. The summed E-state index contributed by atoms with van der Waals surface area (Å²) in [6.45, 7) is 2.71. The standard InChI is InChI=1S/C24H28O8/c1-16(25)28-15-20-21(31-17(2)26)22(29-13-18-9-5-3-6-10-18)23(24(27)32-20)30-14-19-11-7-4-8-12-19/h3-12,20-24,27H,13-15H2,1-2H3/t20-,21+,22+,23-,24+/m1/s1. The van der Waals surface area contributed by atoms with Crippen molar-refractivity contribution in [2.45, 2.75) is 57.8 Å². The second-order valence-electron chi connectivity index (χ2n) is 7.46. The number of esters is 2. The lowest BCUT2D eigenvalue weighted by Crippen LogP contribution is -2.61. The molecule has 0 radical (unpaired) electrons. The molecule has 3 rings (SSSR count). The summed E-state index contributed by atoms with van der Waals surface area (Å²) >= 11 is 0. The predicted octanol–water partition coefficient (Wildman–Crippen LogP) is 2.37. The van der Waals surface area contributed by atoms with Crippen molar-refractivity contribution in [3.05, 3.63) is 71.8 Å². The molecule has 2 aromatic rings. The van der Waals surface area contributed by atoms with Crippen LogP contribution >= 0.6 is 0 Å². The van der Waals surface area contributed by atoms with E-state index in [0.717, 1.165) is 11.1 Å². The van der Waals surface area contributed by atoms with Crippen LogP contribution in [0.3, 0.4) is 0 Å².